The number of aryl methyl sites for hydroxylation is 1. The van der Waals surface area contributed by atoms with Gasteiger partial charge in [-0.1, -0.05) is 12.1 Å². The molecule has 1 atom stereocenters. The van der Waals surface area contributed by atoms with E-state index in [-0.39, 0.29) is 15.4 Å². The summed E-state index contributed by atoms with van der Waals surface area (Å²) in [7, 11) is -7.13. The van der Waals surface area contributed by atoms with Gasteiger partial charge in [0.05, 0.1) is 9.79 Å². The molecule has 1 N–H and O–H groups in total. The second-order valence-corrected chi connectivity index (χ2v) is 9.32. The van der Waals surface area contributed by atoms with Crippen molar-refractivity contribution in [3.8, 4) is 0 Å². The molecule has 0 aromatic heterocycles. The van der Waals surface area contributed by atoms with Crippen LogP contribution in [0.1, 0.15) is 24.1 Å². The number of benzene rings is 2. The zero-order valence-electron chi connectivity index (χ0n) is 13.4. The van der Waals surface area contributed by atoms with Crippen LogP contribution < -0.4 is 4.72 Å². The average Bonchev–Trinajstić information content (AvgIpc) is 2.48. The van der Waals surface area contributed by atoms with Crippen LogP contribution in [0, 0.1) is 12.7 Å². The molecule has 130 valence electrons. The number of hydrogen-bond acceptors (Lipinski definition) is 4. The van der Waals surface area contributed by atoms with Crippen LogP contribution in [0.3, 0.4) is 0 Å². The van der Waals surface area contributed by atoms with Gasteiger partial charge in [0.15, 0.2) is 9.84 Å². The first-order chi connectivity index (χ1) is 11.0. The third-order valence-electron chi connectivity index (χ3n) is 3.58. The van der Waals surface area contributed by atoms with E-state index < -0.39 is 31.7 Å². The molecule has 0 aliphatic rings. The summed E-state index contributed by atoms with van der Waals surface area (Å²) in [6.07, 6.45) is 1.10. The highest BCUT2D eigenvalue weighted by molar-refractivity contribution is 7.90. The lowest BCUT2D eigenvalue weighted by Crippen LogP contribution is -2.27. The van der Waals surface area contributed by atoms with Crippen molar-refractivity contribution >= 4 is 19.9 Å². The lowest BCUT2D eigenvalue weighted by atomic mass is 10.1. The molecular weight excluding hydrogens is 353 g/mol. The molecule has 0 amide bonds. The first-order valence-electron chi connectivity index (χ1n) is 7.09. The van der Waals surface area contributed by atoms with Gasteiger partial charge in [-0.15, -0.1) is 0 Å². The van der Waals surface area contributed by atoms with E-state index >= 15 is 0 Å². The molecule has 0 fully saturated rings. The molecule has 5 nitrogen and oxygen atoms in total. The summed E-state index contributed by atoms with van der Waals surface area (Å²) in [5.41, 5.74) is 0.854. The number of sulfone groups is 1. The van der Waals surface area contributed by atoms with Gasteiger partial charge in [-0.05, 0) is 55.3 Å². The monoisotopic (exact) mass is 371 g/mol. The van der Waals surface area contributed by atoms with Crippen molar-refractivity contribution < 1.29 is 21.2 Å². The maximum atomic E-state index is 13.3. The lowest BCUT2D eigenvalue weighted by Gasteiger charge is -2.15. The molecule has 0 spiro atoms. The predicted molar refractivity (Wildman–Crippen MR) is 89.4 cm³/mol. The van der Waals surface area contributed by atoms with E-state index in [4.69, 9.17) is 0 Å². The molecule has 2 rings (SSSR count). The molecule has 0 radical (unpaired) electrons. The summed E-state index contributed by atoms with van der Waals surface area (Å²) >= 11 is 0. The normalized spacial score (nSPS) is 13.7. The van der Waals surface area contributed by atoms with Gasteiger partial charge in [0.2, 0.25) is 10.0 Å². The third-order valence-corrected chi connectivity index (χ3v) is 6.25. The SMILES string of the molecule is Cc1cc(S(=O)(=O)N[C@H](C)c2ccc(S(C)(=O)=O)cc2)ccc1F. The van der Waals surface area contributed by atoms with Crippen molar-refractivity contribution in [3.05, 3.63) is 59.4 Å². The largest absolute Gasteiger partial charge is 0.241 e. The first-order valence-corrected chi connectivity index (χ1v) is 10.5. The van der Waals surface area contributed by atoms with Gasteiger partial charge in [-0.3, -0.25) is 0 Å². The van der Waals surface area contributed by atoms with Gasteiger partial charge < -0.3 is 0 Å². The van der Waals surface area contributed by atoms with Crippen molar-refractivity contribution in [2.24, 2.45) is 0 Å². The summed E-state index contributed by atoms with van der Waals surface area (Å²) in [6, 6.07) is 8.96. The minimum absolute atomic E-state index is 0.0268. The average molecular weight is 371 g/mol. The zero-order valence-corrected chi connectivity index (χ0v) is 15.1. The van der Waals surface area contributed by atoms with E-state index in [1.807, 2.05) is 0 Å². The fraction of sp³-hybridized carbons (Fsp3) is 0.250. The molecule has 2 aromatic carbocycles. The second-order valence-electron chi connectivity index (χ2n) is 5.60. The Balaban J connectivity index is 2.24. The van der Waals surface area contributed by atoms with Crippen molar-refractivity contribution in [2.45, 2.75) is 29.7 Å². The summed E-state index contributed by atoms with van der Waals surface area (Å²) in [5.74, 6) is -0.474. The number of nitrogens with one attached hydrogen (secondary N) is 1. The molecular formula is C16H18FNO4S2. The van der Waals surface area contributed by atoms with Gasteiger partial charge in [0, 0.05) is 12.3 Å². The Bertz CT molecular complexity index is 952. The molecule has 0 bridgehead atoms. The Kier molecular flexibility index (Phi) is 5.12. The van der Waals surface area contributed by atoms with E-state index in [0.29, 0.717) is 5.56 Å². The number of rotatable bonds is 5. The van der Waals surface area contributed by atoms with E-state index in [1.165, 1.54) is 31.2 Å². The minimum Gasteiger partial charge on any atom is -0.224 e. The molecule has 0 aliphatic carbocycles. The molecule has 8 heteroatoms. The van der Waals surface area contributed by atoms with Gasteiger partial charge in [0.25, 0.3) is 0 Å². The van der Waals surface area contributed by atoms with Crippen LogP contribution in [-0.4, -0.2) is 23.1 Å². The fourth-order valence-electron chi connectivity index (χ4n) is 2.16. The van der Waals surface area contributed by atoms with E-state index in [2.05, 4.69) is 4.72 Å². The van der Waals surface area contributed by atoms with Crippen LogP contribution in [0.2, 0.25) is 0 Å². The predicted octanol–water partition coefficient (Wildman–Crippen LogP) is 2.58. The quantitative estimate of drug-likeness (QED) is 0.876. The molecule has 24 heavy (non-hydrogen) atoms. The highest BCUT2D eigenvalue weighted by Gasteiger charge is 2.19. The number of sulfonamides is 1. The molecule has 0 heterocycles. The van der Waals surface area contributed by atoms with Crippen LogP contribution in [-0.2, 0) is 19.9 Å². The highest BCUT2D eigenvalue weighted by Crippen LogP contribution is 2.20. The van der Waals surface area contributed by atoms with Gasteiger partial charge >= 0.3 is 0 Å². The highest BCUT2D eigenvalue weighted by atomic mass is 32.2. The molecule has 2 aromatic rings. The van der Waals surface area contributed by atoms with E-state index in [9.17, 15) is 21.2 Å². The summed E-state index contributed by atoms with van der Waals surface area (Å²) < 4.78 is 63.4. The third kappa shape index (κ3) is 4.19. The van der Waals surface area contributed by atoms with Gasteiger partial charge in [-0.2, -0.15) is 0 Å². The van der Waals surface area contributed by atoms with Crippen molar-refractivity contribution in [3.63, 3.8) is 0 Å². The Morgan fingerprint density at radius 1 is 0.958 bits per heavy atom. The summed E-state index contributed by atoms with van der Waals surface area (Å²) in [4.78, 5) is 0.136. The van der Waals surface area contributed by atoms with Crippen molar-refractivity contribution in [1.82, 2.24) is 4.72 Å². The Labute approximate surface area is 141 Å². The molecule has 0 saturated heterocycles. The van der Waals surface area contributed by atoms with Crippen molar-refractivity contribution in [2.75, 3.05) is 6.26 Å². The summed E-state index contributed by atoms with van der Waals surface area (Å²) in [6.45, 7) is 3.13. The van der Waals surface area contributed by atoms with E-state index in [1.54, 1.807) is 19.1 Å². The smallest absolute Gasteiger partial charge is 0.224 e. The molecule has 0 saturated carbocycles. The standard InChI is InChI=1S/C16H18FNO4S2/c1-11-10-15(8-9-16(11)17)24(21,22)18-12(2)13-4-6-14(7-5-13)23(3,19)20/h4-10,12,18H,1-3H3/t12-/m1/s1. The van der Waals surface area contributed by atoms with Crippen LogP contribution in [0.15, 0.2) is 52.3 Å². The Morgan fingerprint density at radius 3 is 2.00 bits per heavy atom. The molecule has 0 unspecified atom stereocenters. The maximum absolute atomic E-state index is 13.3. The van der Waals surface area contributed by atoms with Crippen molar-refractivity contribution in [1.29, 1.82) is 0 Å². The topological polar surface area (TPSA) is 80.3 Å². The Hall–Kier alpha value is -1.77. The second kappa shape index (κ2) is 6.62. The number of halogens is 1. The van der Waals surface area contributed by atoms with Gasteiger partial charge in [-0.25, -0.2) is 25.9 Å². The lowest BCUT2D eigenvalue weighted by molar-refractivity contribution is 0.565. The van der Waals surface area contributed by atoms with Crippen LogP contribution in [0.25, 0.3) is 0 Å². The van der Waals surface area contributed by atoms with Crippen LogP contribution >= 0.6 is 0 Å². The zero-order chi connectivity index (χ0) is 18.1. The van der Waals surface area contributed by atoms with Gasteiger partial charge in [0.1, 0.15) is 5.82 Å². The maximum Gasteiger partial charge on any atom is 0.241 e. The first kappa shape index (κ1) is 18.6. The summed E-state index contributed by atoms with van der Waals surface area (Å²) in [5, 5.41) is 0. The van der Waals surface area contributed by atoms with Crippen LogP contribution in [0.4, 0.5) is 4.39 Å². The number of hydrogen-bond donors (Lipinski definition) is 1. The minimum atomic E-state index is -3.82. The Morgan fingerprint density at radius 2 is 1.50 bits per heavy atom. The fourth-order valence-corrected chi connectivity index (χ4v) is 4.10. The van der Waals surface area contributed by atoms with E-state index in [0.717, 1.165) is 12.3 Å². The molecule has 0 aliphatic heterocycles. The van der Waals surface area contributed by atoms with Crippen LogP contribution in [0.5, 0.6) is 0 Å².